The quantitative estimate of drug-likeness (QED) is 0.268. The maximum atomic E-state index is 15.5. The van der Waals surface area contributed by atoms with Crippen LogP contribution in [0.25, 0.3) is 11.1 Å². The maximum Gasteiger partial charge on any atom is 0.404 e. The van der Waals surface area contributed by atoms with E-state index in [9.17, 15) is 19.8 Å². The molecule has 1 unspecified atom stereocenters. The first kappa shape index (κ1) is 29.5. The van der Waals surface area contributed by atoms with E-state index in [-0.39, 0.29) is 31.8 Å². The molecule has 1 saturated heterocycles. The fraction of sp³-hybridized carbons (Fsp3) is 0.517. The highest BCUT2D eigenvalue weighted by molar-refractivity contribution is 5.77. The molecule has 3 rings (SSSR count). The van der Waals surface area contributed by atoms with Gasteiger partial charge in [-0.1, -0.05) is 43.3 Å². The number of aryl methyl sites for hydroxylation is 1. The molecule has 0 saturated carbocycles. The van der Waals surface area contributed by atoms with Crippen LogP contribution in [0.2, 0.25) is 0 Å². The Balaban J connectivity index is 1.99. The number of carbonyl (C=O) groups excluding carboxylic acids is 1. The van der Waals surface area contributed by atoms with Gasteiger partial charge < -0.3 is 30.9 Å². The van der Waals surface area contributed by atoms with Crippen LogP contribution in [0.4, 0.5) is 9.18 Å². The second-order valence-electron chi connectivity index (χ2n) is 10.1. The molecule has 2 aromatic carbocycles. The van der Waals surface area contributed by atoms with Crippen LogP contribution in [0, 0.1) is 11.7 Å². The molecule has 0 bridgehead atoms. The van der Waals surface area contributed by atoms with E-state index in [1.165, 1.54) is 6.07 Å². The number of piperidine rings is 1. The molecule has 1 fully saturated rings. The van der Waals surface area contributed by atoms with Crippen molar-refractivity contribution in [3.05, 3.63) is 59.4 Å². The summed E-state index contributed by atoms with van der Waals surface area (Å²) < 4.78 is 15.5. The van der Waals surface area contributed by atoms with Gasteiger partial charge in [-0.2, -0.15) is 0 Å². The van der Waals surface area contributed by atoms with Crippen molar-refractivity contribution in [2.75, 3.05) is 33.2 Å². The smallest absolute Gasteiger partial charge is 0.404 e. The van der Waals surface area contributed by atoms with E-state index >= 15 is 4.39 Å². The Hall–Kier alpha value is -3.01. The number of likely N-dealkylation sites (tertiary alicyclic amines) is 1. The summed E-state index contributed by atoms with van der Waals surface area (Å²) in [6.45, 7) is 3.24. The third-order valence-electron chi connectivity index (χ3n) is 7.41. The standard InChI is InChI=1S/C29H40FN3O5/c1-3-20-8-4-9-21(16-20)27-24(11-5-12-25(27)30)29(38,13-7-14-32-28(36)37)22-10-6-15-33(19-22)26(35)17-23(34)18-31-2/h4-5,8-9,11-12,16,22-23,31-32,34,38H,3,6-7,10,13-15,17-19H2,1-2H3,(H,36,37)/t22?,23-,29+/m1/s1. The minimum absolute atomic E-state index is 0.0243. The first-order valence-electron chi connectivity index (χ1n) is 13.4. The number of halogens is 1. The second kappa shape index (κ2) is 13.7. The summed E-state index contributed by atoms with van der Waals surface area (Å²) in [6, 6.07) is 12.3. The number of benzene rings is 2. The summed E-state index contributed by atoms with van der Waals surface area (Å²) in [5, 5.41) is 36.7. The lowest BCUT2D eigenvalue weighted by molar-refractivity contribution is -0.138. The molecule has 1 aliphatic heterocycles. The Morgan fingerprint density at radius 2 is 2.00 bits per heavy atom. The third-order valence-corrected chi connectivity index (χ3v) is 7.41. The van der Waals surface area contributed by atoms with Crippen molar-refractivity contribution in [1.29, 1.82) is 0 Å². The van der Waals surface area contributed by atoms with Gasteiger partial charge in [-0.3, -0.25) is 4.79 Å². The van der Waals surface area contributed by atoms with Crippen molar-refractivity contribution >= 4 is 12.0 Å². The van der Waals surface area contributed by atoms with E-state index in [0.717, 1.165) is 12.0 Å². The van der Waals surface area contributed by atoms with Gasteiger partial charge in [-0.15, -0.1) is 0 Å². The van der Waals surface area contributed by atoms with Gasteiger partial charge in [0.15, 0.2) is 0 Å². The molecule has 9 heteroatoms. The summed E-state index contributed by atoms with van der Waals surface area (Å²) in [5.41, 5.74) is 0.960. The predicted octanol–water partition coefficient (Wildman–Crippen LogP) is 3.50. The van der Waals surface area contributed by atoms with Crippen LogP contribution in [0.15, 0.2) is 42.5 Å². The average molecular weight is 530 g/mol. The number of rotatable bonds is 12. The minimum atomic E-state index is -1.51. The molecular formula is C29H40FN3O5. The molecule has 8 nitrogen and oxygen atoms in total. The molecule has 1 heterocycles. The van der Waals surface area contributed by atoms with Crippen LogP contribution in [-0.4, -0.2) is 71.6 Å². The SMILES string of the molecule is CCc1cccc(-c2c(F)cccc2[C@](O)(CCCNC(=O)O)C2CCCN(C(=O)C[C@@H](O)CNC)C2)c1. The molecule has 0 spiro atoms. The average Bonchev–Trinajstić information content (AvgIpc) is 2.91. The number of hydrogen-bond donors (Lipinski definition) is 5. The van der Waals surface area contributed by atoms with Crippen LogP contribution in [0.3, 0.4) is 0 Å². The maximum absolute atomic E-state index is 15.5. The molecule has 2 amide bonds. The minimum Gasteiger partial charge on any atom is -0.465 e. The number of aliphatic hydroxyl groups excluding tert-OH is 1. The summed E-state index contributed by atoms with van der Waals surface area (Å²) in [5.74, 6) is -1.04. The Bertz CT molecular complexity index is 1100. The number of hydrogen-bond acceptors (Lipinski definition) is 5. The number of aliphatic hydroxyl groups is 2. The molecule has 3 atom stereocenters. The van der Waals surface area contributed by atoms with Gasteiger partial charge in [0.05, 0.1) is 18.1 Å². The van der Waals surface area contributed by atoms with Crippen LogP contribution >= 0.6 is 0 Å². The van der Waals surface area contributed by atoms with Crippen LogP contribution < -0.4 is 10.6 Å². The molecule has 1 aliphatic rings. The largest absolute Gasteiger partial charge is 0.465 e. The highest BCUT2D eigenvalue weighted by atomic mass is 19.1. The molecular weight excluding hydrogens is 489 g/mol. The first-order chi connectivity index (χ1) is 18.2. The Morgan fingerprint density at radius 1 is 1.24 bits per heavy atom. The highest BCUT2D eigenvalue weighted by Crippen LogP contribution is 2.44. The molecule has 208 valence electrons. The topological polar surface area (TPSA) is 122 Å². The number of amides is 2. The van der Waals surface area contributed by atoms with Crippen molar-refractivity contribution < 1.29 is 29.3 Å². The van der Waals surface area contributed by atoms with Gasteiger partial charge >= 0.3 is 6.09 Å². The Morgan fingerprint density at radius 3 is 2.71 bits per heavy atom. The van der Waals surface area contributed by atoms with E-state index in [0.29, 0.717) is 49.0 Å². The van der Waals surface area contributed by atoms with E-state index < -0.39 is 29.5 Å². The molecule has 0 radical (unpaired) electrons. The van der Waals surface area contributed by atoms with E-state index in [1.807, 2.05) is 31.2 Å². The highest BCUT2D eigenvalue weighted by Gasteiger charge is 2.43. The van der Waals surface area contributed by atoms with Crippen LogP contribution in [0.1, 0.15) is 50.2 Å². The fourth-order valence-electron chi connectivity index (χ4n) is 5.47. The predicted molar refractivity (Wildman–Crippen MR) is 144 cm³/mol. The number of nitrogens with zero attached hydrogens (tertiary/aromatic N) is 1. The molecule has 2 aromatic rings. The van der Waals surface area contributed by atoms with E-state index in [1.54, 1.807) is 24.1 Å². The van der Waals surface area contributed by atoms with Crippen LogP contribution in [0.5, 0.6) is 0 Å². The molecule has 0 aromatic heterocycles. The van der Waals surface area contributed by atoms with Gasteiger partial charge in [0.1, 0.15) is 5.82 Å². The lowest BCUT2D eigenvalue weighted by atomic mass is 9.72. The summed E-state index contributed by atoms with van der Waals surface area (Å²) in [7, 11) is 1.71. The molecule has 0 aliphatic carbocycles. The zero-order valence-corrected chi connectivity index (χ0v) is 22.3. The van der Waals surface area contributed by atoms with Gasteiger partial charge in [-0.25, -0.2) is 9.18 Å². The second-order valence-corrected chi connectivity index (χ2v) is 10.1. The number of carboxylic acid groups (broad SMARTS) is 1. The normalized spacial score (nSPS) is 18.0. The van der Waals surface area contributed by atoms with Crippen molar-refractivity contribution in [3.63, 3.8) is 0 Å². The van der Waals surface area contributed by atoms with E-state index in [2.05, 4.69) is 10.6 Å². The number of carbonyl (C=O) groups is 2. The summed E-state index contributed by atoms with van der Waals surface area (Å²) in [4.78, 5) is 25.6. The van der Waals surface area contributed by atoms with Crippen molar-refractivity contribution in [2.45, 2.75) is 57.2 Å². The zero-order valence-electron chi connectivity index (χ0n) is 22.3. The summed E-state index contributed by atoms with van der Waals surface area (Å²) in [6.07, 6.45) is 0.595. The Kier molecular flexibility index (Phi) is 10.6. The molecule has 5 N–H and O–H groups in total. The third kappa shape index (κ3) is 7.30. The lowest BCUT2D eigenvalue weighted by Gasteiger charge is -2.44. The number of nitrogens with one attached hydrogen (secondary N) is 2. The van der Waals surface area contributed by atoms with Crippen molar-refractivity contribution in [2.24, 2.45) is 5.92 Å². The monoisotopic (exact) mass is 529 g/mol. The van der Waals surface area contributed by atoms with Crippen molar-refractivity contribution in [3.8, 4) is 11.1 Å². The fourth-order valence-corrected chi connectivity index (χ4v) is 5.47. The first-order valence-corrected chi connectivity index (χ1v) is 13.4. The van der Waals surface area contributed by atoms with Crippen LogP contribution in [-0.2, 0) is 16.8 Å². The number of likely N-dealkylation sites (N-methyl/N-ethyl adjacent to an activating group) is 1. The van der Waals surface area contributed by atoms with Gasteiger partial charge in [0, 0.05) is 37.7 Å². The Labute approximate surface area is 223 Å². The molecule has 38 heavy (non-hydrogen) atoms. The van der Waals surface area contributed by atoms with E-state index in [4.69, 9.17) is 5.11 Å². The van der Waals surface area contributed by atoms with Crippen molar-refractivity contribution in [1.82, 2.24) is 15.5 Å². The lowest BCUT2D eigenvalue weighted by Crippen LogP contribution is -2.49. The van der Waals surface area contributed by atoms with Gasteiger partial charge in [0.25, 0.3) is 0 Å². The van der Waals surface area contributed by atoms with Gasteiger partial charge in [-0.05, 0) is 61.9 Å². The van der Waals surface area contributed by atoms with Gasteiger partial charge in [0.2, 0.25) is 5.91 Å². The summed E-state index contributed by atoms with van der Waals surface area (Å²) >= 11 is 0. The zero-order chi connectivity index (χ0) is 27.7.